The number of carbonyl (C=O) groups excluding carboxylic acids is 1. The van der Waals surface area contributed by atoms with Gasteiger partial charge in [-0.1, -0.05) is 244 Å². The predicted octanol–water partition coefficient (Wildman–Crippen LogP) is 13.7. The summed E-state index contributed by atoms with van der Waals surface area (Å²) < 4.78 is 0. The Hall–Kier alpha value is -0.950. The molecule has 0 aliphatic heterocycles. The zero-order chi connectivity index (χ0) is 41.0. The summed E-state index contributed by atoms with van der Waals surface area (Å²) >= 11 is 0. The maximum absolute atomic E-state index is 12.5. The summed E-state index contributed by atoms with van der Waals surface area (Å²) in [6.45, 7) is 4.07. The first-order valence-corrected chi connectivity index (χ1v) is 25.1. The molecule has 4 unspecified atom stereocenters. The SMILES string of the molecule is CCCCCCCCCCCCCCCCCCC/C=C/CCCC(O)C(O)C(CO)NC(=O)C(O)CCCCCCCCCCCCCCCCCCCC. The van der Waals surface area contributed by atoms with Gasteiger partial charge in [-0.25, -0.2) is 0 Å². The van der Waals surface area contributed by atoms with Crippen molar-refractivity contribution in [3.8, 4) is 0 Å². The molecule has 0 saturated carbocycles. The Bertz CT molecular complexity index is 806. The van der Waals surface area contributed by atoms with Crippen LogP contribution in [0.15, 0.2) is 12.2 Å². The predicted molar refractivity (Wildman–Crippen MR) is 242 cm³/mol. The Balaban J connectivity index is 3.69. The summed E-state index contributed by atoms with van der Waals surface area (Å²) in [4.78, 5) is 12.5. The molecule has 0 rings (SSSR count). The van der Waals surface area contributed by atoms with E-state index in [2.05, 4.69) is 31.3 Å². The van der Waals surface area contributed by atoms with Gasteiger partial charge in [0.25, 0.3) is 0 Å². The van der Waals surface area contributed by atoms with Crippen molar-refractivity contribution in [1.29, 1.82) is 0 Å². The summed E-state index contributed by atoms with van der Waals surface area (Å²) in [5.74, 6) is -0.588. The fraction of sp³-hybridized carbons (Fsp3) is 0.940. The topological polar surface area (TPSA) is 110 Å². The number of aliphatic hydroxyl groups is 4. The van der Waals surface area contributed by atoms with Crippen LogP contribution in [0.1, 0.15) is 271 Å². The van der Waals surface area contributed by atoms with Crippen LogP contribution in [0.4, 0.5) is 0 Å². The molecule has 0 aliphatic carbocycles. The normalized spacial score (nSPS) is 14.0. The van der Waals surface area contributed by atoms with Gasteiger partial charge in [0.15, 0.2) is 0 Å². The molecular formula is C50H99NO5. The van der Waals surface area contributed by atoms with Gasteiger partial charge in [0.1, 0.15) is 12.2 Å². The molecule has 0 aromatic rings. The van der Waals surface area contributed by atoms with Crippen LogP contribution in [0.3, 0.4) is 0 Å². The molecule has 6 nitrogen and oxygen atoms in total. The Labute approximate surface area is 349 Å². The Kier molecular flexibility index (Phi) is 44.4. The van der Waals surface area contributed by atoms with Crippen molar-refractivity contribution in [3.63, 3.8) is 0 Å². The summed E-state index contributed by atoms with van der Waals surface area (Å²) in [5, 5.41) is 43.8. The molecule has 56 heavy (non-hydrogen) atoms. The lowest BCUT2D eigenvalue weighted by molar-refractivity contribution is -0.132. The van der Waals surface area contributed by atoms with Gasteiger partial charge in [0.05, 0.1) is 18.8 Å². The van der Waals surface area contributed by atoms with Crippen molar-refractivity contribution in [1.82, 2.24) is 5.32 Å². The number of amides is 1. The van der Waals surface area contributed by atoms with E-state index in [1.165, 1.54) is 205 Å². The Morgan fingerprint density at radius 1 is 0.429 bits per heavy atom. The zero-order valence-corrected chi connectivity index (χ0v) is 37.7. The molecule has 0 spiro atoms. The van der Waals surface area contributed by atoms with E-state index in [4.69, 9.17) is 0 Å². The van der Waals surface area contributed by atoms with Crippen LogP contribution in [-0.4, -0.2) is 57.3 Å². The molecule has 334 valence electrons. The molecule has 5 N–H and O–H groups in total. The smallest absolute Gasteiger partial charge is 0.249 e. The highest BCUT2D eigenvalue weighted by atomic mass is 16.3. The van der Waals surface area contributed by atoms with Crippen molar-refractivity contribution in [2.45, 2.75) is 295 Å². The second kappa shape index (κ2) is 45.1. The van der Waals surface area contributed by atoms with E-state index in [9.17, 15) is 25.2 Å². The average Bonchev–Trinajstić information content (AvgIpc) is 3.20. The molecule has 0 aliphatic rings. The lowest BCUT2D eigenvalue weighted by Crippen LogP contribution is -2.53. The van der Waals surface area contributed by atoms with E-state index in [-0.39, 0.29) is 0 Å². The second-order valence-electron chi connectivity index (χ2n) is 17.5. The van der Waals surface area contributed by atoms with E-state index in [1.54, 1.807) is 0 Å². The Morgan fingerprint density at radius 3 is 1.07 bits per heavy atom. The standard InChI is InChI=1S/C50H99NO5/c1-3-5-7-9-11-13-15-17-19-21-23-24-25-26-28-29-31-33-35-37-39-41-43-47(53)49(55)46(45-52)51-50(56)48(54)44-42-40-38-36-34-32-30-27-22-20-18-16-14-12-10-8-6-4-2/h35,37,46-49,52-55H,3-34,36,38-45H2,1-2H3,(H,51,56)/b37-35+. The number of allylic oxidation sites excluding steroid dienone is 2. The van der Waals surface area contributed by atoms with Crippen LogP contribution in [-0.2, 0) is 4.79 Å². The number of unbranched alkanes of at least 4 members (excludes halogenated alkanes) is 35. The minimum Gasteiger partial charge on any atom is -0.394 e. The first-order valence-electron chi connectivity index (χ1n) is 25.1. The molecule has 0 fully saturated rings. The first-order chi connectivity index (χ1) is 27.5. The third-order valence-electron chi connectivity index (χ3n) is 12.0. The van der Waals surface area contributed by atoms with Crippen LogP contribution in [0.2, 0.25) is 0 Å². The van der Waals surface area contributed by atoms with Crippen molar-refractivity contribution < 1.29 is 25.2 Å². The number of rotatable bonds is 46. The molecule has 0 radical (unpaired) electrons. The van der Waals surface area contributed by atoms with Crippen LogP contribution >= 0.6 is 0 Å². The van der Waals surface area contributed by atoms with E-state index < -0.39 is 36.9 Å². The van der Waals surface area contributed by atoms with Crippen molar-refractivity contribution in [2.24, 2.45) is 0 Å². The van der Waals surface area contributed by atoms with Gasteiger partial charge in [-0.05, 0) is 38.5 Å². The molecule has 4 atom stereocenters. The summed E-state index contributed by atoms with van der Waals surface area (Å²) in [7, 11) is 0. The van der Waals surface area contributed by atoms with Crippen molar-refractivity contribution in [3.05, 3.63) is 12.2 Å². The lowest BCUT2D eigenvalue weighted by Gasteiger charge is -2.27. The monoisotopic (exact) mass is 794 g/mol. The number of carbonyl (C=O) groups is 1. The maximum atomic E-state index is 12.5. The van der Waals surface area contributed by atoms with Crippen LogP contribution in [0.25, 0.3) is 0 Å². The molecular weight excluding hydrogens is 695 g/mol. The molecule has 0 aromatic carbocycles. The molecule has 0 bridgehead atoms. The minimum atomic E-state index is -1.28. The summed E-state index contributed by atoms with van der Waals surface area (Å²) in [5.41, 5.74) is 0. The number of nitrogens with one attached hydrogen (secondary N) is 1. The highest BCUT2D eigenvalue weighted by Gasteiger charge is 2.28. The third kappa shape index (κ3) is 38.6. The van der Waals surface area contributed by atoms with Gasteiger partial charge in [-0.2, -0.15) is 0 Å². The maximum Gasteiger partial charge on any atom is 0.249 e. The highest BCUT2D eigenvalue weighted by molar-refractivity contribution is 5.80. The van der Waals surface area contributed by atoms with Gasteiger partial charge in [0.2, 0.25) is 5.91 Å². The summed E-state index contributed by atoms with van der Waals surface area (Å²) in [6.07, 6.45) is 51.2. The van der Waals surface area contributed by atoms with Crippen molar-refractivity contribution in [2.75, 3.05) is 6.61 Å². The molecule has 0 saturated heterocycles. The molecule has 0 aromatic heterocycles. The molecule has 0 heterocycles. The van der Waals surface area contributed by atoms with E-state index in [0.29, 0.717) is 12.8 Å². The second-order valence-corrected chi connectivity index (χ2v) is 17.5. The molecule has 6 heteroatoms. The number of hydrogen-bond acceptors (Lipinski definition) is 5. The first kappa shape index (κ1) is 55.0. The summed E-state index contributed by atoms with van der Waals surface area (Å²) in [6, 6.07) is -0.997. The number of aliphatic hydroxyl groups excluding tert-OH is 4. The number of hydrogen-bond donors (Lipinski definition) is 5. The zero-order valence-electron chi connectivity index (χ0n) is 37.7. The average molecular weight is 794 g/mol. The highest BCUT2D eigenvalue weighted by Crippen LogP contribution is 2.17. The molecule has 1 amide bonds. The van der Waals surface area contributed by atoms with Gasteiger partial charge in [0, 0.05) is 0 Å². The van der Waals surface area contributed by atoms with E-state index in [1.807, 2.05) is 0 Å². The minimum absolute atomic E-state index is 0.368. The Morgan fingerprint density at radius 2 is 0.732 bits per heavy atom. The van der Waals surface area contributed by atoms with E-state index >= 15 is 0 Å². The van der Waals surface area contributed by atoms with Crippen LogP contribution < -0.4 is 5.32 Å². The quantitative estimate of drug-likeness (QED) is 0.0311. The fourth-order valence-corrected chi connectivity index (χ4v) is 7.99. The largest absolute Gasteiger partial charge is 0.394 e. The van der Waals surface area contributed by atoms with Gasteiger partial charge < -0.3 is 25.7 Å². The lowest BCUT2D eigenvalue weighted by atomic mass is 10.00. The van der Waals surface area contributed by atoms with E-state index in [0.717, 1.165) is 38.5 Å². The van der Waals surface area contributed by atoms with Crippen LogP contribution in [0.5, 0.6) is 0 Å². The van der Waals surface area contributed by atoms with Gasteiger partial charge >= 0.3 is 0 Å². The van der Waals surface area contributed by atoms with Gasteiger partial charge in [-0.15, -0.1) is 0 Å². The fourth-order valence-electron chi connectivity index (χ4n) is 7.99. The van der Waals surface area contributed by atoms with Gasteiger partial charge in [-0.3, -0.25) is 4.79 Å². The van der Waals surface area contributed by atoms with Crippen LogP contribution in [0, 0.1) is 0 Å². The van der Waals surface area contributed by atoms with Crippen molar-refractivity contribution >= 4 is 5.91 Å². The third-order valence-corrected chi connectivity index (χ3v) is 12.0.